The quantitative estimate of drug-likeness (QED) is 0.170. The predicted molar refractivity (Wildman–Crippen MR) is 128 cm³/mol. The van der Waals surface area contributed by atoms with Crippen LogP contribution >= 0.6 is 15.9 Å². The Morgan fingerprint density at radius 1 is 0.848 bits per heavy atom. The van der Waals surface area contributed by atoms with Crippen molar-refractivity contribution in [1.82, 2.24) is 0 Å². The lowest BCUT2D eigenvalue weighted by Crippen LogP contribution is -2.09. The molecular weight excluding hydrogens is 493 g/mol. The van der Waals surface area contributed by atoms with Gasteiger partial charge in [0.1, 0.15) is 5.75 Å². The average Bonchev–Trinajstić information content (AvgIpc) is 2.79. The summed E-state index contributed by atoms with van der Waals surface area (Å²) in [5.41, 5.74) is 2.47. The number of hydrogen-bond donors (Lipinski definition) is 0. The Bertz CT molecular complexity index is 1030. The minimum Gasteiger partial charge on any atom is -0.427 e. The van der Waals surface area contributed by atoms with Crippen molar-refractivity contribution in [3.63, 3.8) is 0 Å². The molecule has 174 valence electrons. The summed E-state index contributed by atoms with van der Waals surface area (Å²) in [7, 11) is 0. The summed E-state index contributed by atoms with van der Waals surface area (Å²) in [5, 5.41) is 0. The van der Waals surface area contributed by atoms with Gasteiger partial charge in [-0.1, -0.05) is 77.5 Å². The molecule has 0 heterocycles. The molecular formula is C27H26BrF3O2. The van der Waals surface area contributed by atoms with Crippen LogP contribution in [0.5, 0.6) is 5.75 Å². The van der Waals surface area contributed by atoms with Gasteiger partial charge in [0, 0.05) is 11.8 Å². The highest BCUT2D eigenvalue weighted by Crippen LogP contribution is 2.40. The second kappa shape index (κ2) is 11.0. The van der Waals surface area contributed by atoms with Gasteiger partial charge in [-0.15, -0.1) is 0 Å². The van der Waals surface area contributed by atoms with Crippen molar-refractivity contribution in [2.45, 2.75) is 49.5 Å². The zero-order valence-electron chi connectivity index (χ0n) is 18.5. The number of hydrogen-bond acceptors (Lipinski definition) is 2. The fourth-order valence-electron chi connectivity index (χ4n) is 3.95. The van der Waals surface area contributed by atoms with Crippen LogP contribution in [0.15, 0.2) is 78.9 Å². The molecule has 0 radical (unpaired) electrons. The molecule has 0 saturated carbocycles. The molecule has 0 aromatic heterocycles. The average molecular weight is 519 g/mol. The van der Waals surface area contributed by atoms with E-state index in [0.29, 0.717) is 12.2 Å². The third-order valence-electron chi connectivity index (χ3n) is 5.71. The Hall–Kier alpha value is -2.60. The first-order chi connectivity index (χ1) is 15.6. The van der Waals surface area contributed by atoms with Gasteiger partial charge in [-0.05, 0) is 65.6 Å². The molecule has 33 heavy (non-hydrogen) atoms. The van der Waals surface area contributed by atoms with Gasteiger partial charge in [0.25, 0.3) is 0 Å². The van der Waals surface area contributed by atoms with Gasteiger partial charge in [0.15, 0.2) is 0 Å². The summed E-state index contributed by atoms with van der Waals surface area (Å²) in [4.78, 5) is 11.1. The molecule has 0 spiro atoms. The van der Waals surface area contributed by atoms with Gasteiger partial charge < -0.3 is 4.74 Å². The van der Waals surface area contributed by atoms with Crippen LogP contribution in [0.3, 0.4) is 0 Å². The third kappa shape index (κ3) is 7.19. The number of rotatable bonds is 8. The number of esters is 1. The maximum atomic E-state index is 12.9. The zero-order chi connectivity index (χ0) is 24.0. The van der Waals surface area contributed by atoms with Gasteiger partial charge in [0.05, 0.1) is 5.56 Å². The Morgan fingerprint density at radius 3 is 1.97 bits per heavy atom. The molecule has 0 bridgehead atoms. The Morgan fingerprint density at radius 2 is 1.42 bits per heavy atom. The SMILES string of the molecule is CC(=O)Oc1ccc(C(CC(C)c2ccccc2)CC(Br)c2ccc(C(F)(F)F)cc2)cc1. The molecule has 3 rings (SSSR count). The van der Waals surface area contributed by atoms with Crippen LogP contribution in [-0.4, -0.2) is 5.97 Å². The summed E-state index contributed by atoms with van der Waals surface area (Å²) in [6.45, 7) is 3.54. The van der Waals surface area contributed by atoms with Crippen LogP contribution < -0.4 is 4.74 Å². The van der Waals surface area contributed by atoms with E-state index in [1.54, 1.807) is 12.1 Å². The van der Waals surface area contributed by atoms with Crippen molar-refractivity contribution >= 4 is 21.9 Å². The van der Waals surface area contributed by atoms with Gasteiger partial charge in [-0.2, -0.15) is 13.2 Å². The molecule has 0 aliphatic rings. The lowest BCUT2D eigenvalue weighted by Gasteiger charge is -2.25. The van der Waals surface area contributed by atoms with Crippen LogP contribution in [0.2, 0.25) is 0 Å². The fraction of sp³-hybridized carbons (Fsp3) is 0.296. The molecule has 0 aliphatic carbocycles. The molecule has 0 aliphatic heterocycles. The van der Waals surface area contributed by atoms with Crippen LogP contribution in [0.4, 0.5) is 13.2 Å². The van der Waals surface area contributed by atoms with Crippen LogP contribution in [0.25, 0.3) is 0 Å². The number of carbonyl (C=O) groups is 1. The first-order valence-corrected chi connectivity index (χ1v) is 11.7. The standard InChI is InChI=1S/C27H26BrF3O2/c1-18(20-6-4-3-5-7-20)16-23(21-10-14-25(15-11-21)33-19(2)32)17-26(28)22-8-12-24(13-9-22)27(29,30)31/h3-15,18,23,26H,16-17H2,1-2H3. The van der Waals surface area contributed by atoms with E-state index in [2.05, 4.69) is 35.0 Å². The molecule has 3 aromatic rings. The van der Waals surface area contributed by atoms with Crippen molar-refractivity contribution in [2.75, 3.05) is 0 Å². The van der Waals surface area contributed by atoms with Crippen molar-refractivity contribution in [1.29, 1.82) is 0 Å². The molecule has 3 unspecified atom stereocenters. The summed E-state index contributed by atoms with van der Waals surface area (Å²) >= 11 is 3.70. The largest absolute Gasteiger partial charge is 0.427 e. The van der Waals surface area contributed by atoms with E-state index >= 15 is 0 Å². The van der Waals surface area contributed by atoms with Crippen molar-refractivity contribution < 1.29 is 22.7 Å². The molecule has 0 N–H and O–H groups in total. The molecule has 2 nitrogen and oxygen atoms in total. The van der Waals surface area contributed by atoms with E-state index in [1.807, 2.05) is 30.3 Å². The van der Waals surface area contributed by atoms with Crippen molar-refractivity contribution in [3.05, 3.63) is 101 Å². The zero-order valence-corrected chi connectivity index (χ0v) is 20.1. The van der Waals surface area contributed by atoms with Gasteiger partial charge in [-0.25, -0.2) is 0 Å². The number of alkyl halides is 4. The normalized spacial score (nSPS) is 14.4. The maximum absolute atomic E-state index is 12.9. The molecule has 3 aromatic carbocycles. The van der Waals surface area contributed by atoms with Gasteiger partial charge in [0.2, 0.25) is 0 Å². The van der Waals surface area contributed by atoms with E-state index < -0.39 is 11.7 Å². The topological polar surface area (TPSA) is 26.3 Å². The van der Waals surface area contributed by atoms with Crippen molar-refractivity contribution in [2.24, 2.45) is 0 Å². The second-order valence-electron chi connectivity index (χ2n) is 8.23. The van der Waals surface area contributed by atoms with Crippen LogP contribution in [0.1, 0.15) is 65.6 Å². The predicted octanol–water partition coefficient (Wildman–Crippen LogP) is 8.43. The van der Waals surface area contributed by atoms with Crippen LogP contribution in [-0.2, 0) is 11.0 Å². The first-order valence-electron chi connectivity index (χ1n) is 10.8. The van der Waals surface area contributed by atoms with E-state index in [1.165, 1.54) is 24.6 Å². The highest BCUT2D eigenvalue weighted by atomic mass is 79.9. The third-order valence-corrected chi connectivity index (χ3v) is 6.61. The van der Waals surface area contributed by atoms with Gasteiger partial charge >= 0.3 is 12.1 Å². The molecule has 0 saturated heterocycles. The molecule has 0 fully saturated rings. The number of ether oxygens (including phenoxy) is 1. The van der Waals surface area contributed by atoms with E-state index in [-0.39, 0.29) is 22.6 Å². The summed E-state index contributed by atoms with van der Waals surface area (Å²) < 4.78 is 43.9. The number of benzene rings is 3. The first kappa shape index (κ1) is 25.0. The Kier molecular flexibility index (Phi) is 8.35. The molecule has 6 heteroatoms. The maximum Gasteiger partial charge on any atom is 0.416 e. The number of halogens is 4. The summed E-state index contributed by atoms with van der Waals surface area (Å²) in [6, 6.07) is 23.0. The highest BCUT2D eigenvalue weighted by Gasteiger charge is 2.30. The fourth-order valence-corrected chi connectivity index (χ4v) is 4.71. The minimum absolute atomic E-state index is 0.110. The minimum atomic E-state index is -4.35. The summed E-state index contributed by atoms with van der Waals surface area (Å²) in [6.07, 6.45) is -2.78. The highest BCUT2D eigenvalue weighted by molar-refractivity contribution is 9.09. The Labute approximate surface area is 200 Å². The Balaban J connectivity index is 1.82. The van der Waals surface area contributed by atoms with Crippen molar-refractivity contribution in [3.8, 4) is 5.75 Å². The lowest BCUT2D eigenvalue weighted by atomic mass is 9.82. The monoisotopic (exact) mass is 518 g/mol. The van der Waals surface area contributed by atoms with E-state index in [4.69, 9.17) is 4.74 Å². The molecule has 0 amide bonds. The van der Waals surface area contributed by atoms with Crippen LogP contribution in [0, 0.1) is 0 Å². The van der Waals surface area contributed by atoms with Gasteiger partial charge in [-0.3, -0.25) is 4.79 Å². The summed E-state index contributed by atoms with van der Waals surface area (Å²) in [5.74, 6) is 0.536. The van der Waals surface area contributed by atoms with E-state index in [9.17, 15) is 18.0 Å². The number of carbonyl (C=O) groups excluding carboxylic acids is 1. The smallest absolute Gasteiger partial charge is 0.416 e. The van der Waals surface area contributed by atoms with E-state index in [0.717, 1.165) is 29.7 Å². The molecule has 3 atom stereocenters. The second-order valence-corrected chi connectivity index (χ2v) is 9.34. The lowest BCUT2D eigenvalue weighted by molar-refractivity contribution is -0.137.